The van der Waals surface area contributed by atoms with E-state index in [-0.39, 0.29) is 12.1 Å². The summed E-state index contributed by atoms with van der Waals surface area (Å²) in [5.74, 6) is 1.82. The number of hydrogen-bond donors (Lipinski definition) is 2. The van der Waals surface area contributed by atoms with E-state index in [0.29, 0.717) is 13.1 Å². The third kappa shape index (κ3) is 5.88. The summed E-state index contributed by atoms with van der Waals surface area (Å²) in [6, 6.07) is 3.93. The molecule has 0 bridgehead atoms. The van der Waals surface area contributed by atoms with Crippen molar-refractivity contribution in [2.45, 2.75) is 59.2 Å². The van der Waals surface area contributed by atoms with Crippen molar-refractivity contribution in [2.24, 2.45) is 5.92 Å². The van der Waals surface area contributed by atoms with Crippen LogP contribution in [0.3, 0.4) is 0 Å². The van der Waals surface area contributed by atoms with E-state index in [1.165, 1.54) is 12.8 Å². The summed E-state index contributed by atoms with van der Waals surface area (Å²) < 4.78 is 0. The number of carbonyl (C=O) groups is 1. The Morgan fingerprint density at radius 1 is 1.36 bits per heavy atom. The number of pyridine rings is 1. The van der Waals surface area contributed by atoms with Gasteiger partial charge in [0.25, 0.3) is 0 Å². The van der Waals surface area contributed by atoms with Crippen LogP contribution in [0, 0.1) is 5.92 Å². The molecule has 1 aliphatic heterocycles. The molecule has 0 radical (unpaired) electrons. The summed E-state index contributed by atoms with van der Waals surface area (Å²) in [6.07, 6.45) is 3.73. The number of aromatic nitrogens is 1. The molecular formula is C19H32N4O2. The zero-order valence-electron chi connectivity index (χ0n) is 15.9. The Bertz CT molecular complexity index is 537. The quantitative estimate of drug-likeness (QED) is 0.829. The molecule has 0 aromatic carbocycles. The third-order valence-electron chi connectivity index (χ3n) is 4.71. The molecule has 1 saturated heterocycles. The standard InChI is InChI=1S/C19H32N4O2/c1-14(2)23(13-16(4)24)19(25)21-12-17-5-6-18(20-11-17)22-9-7-15(3)8-10-22/h5-6,11,14-16,24H,7-10,12-13H2,1-4H3,(H,21,25). The Balaban J connectivity index is 1.87. The van der Waals surface area contributed by atoms with Gasteiger partial charge in [-0.05, 0) is 51.2 Å². The summed E-state index contributed by atoms with van der Waals surface area (Å²) in [5.41, 5.74) is 0.975. The second-order valence-electron chi connectivity index (χ2n) is 7.45. The van der Waals surface area contributed by atoms with Crippen molar-refractivity contribution in [3.05, 3.63) is 23.9 Å². The van der Waals surface area contributed by atoms with Crippen LogP contribution in [-0.2, 0) is 6.54 Å². The number of urea groups is 1. The summed E-state index contributed by atoms with van der Waals surface area (Å²) >= 11 is 0. The predicted molar refractivity (Wildman–Crippen MR) is 101 cm³/mol. The highest BCUT2D eigenvalue weighted by Crippen LogP contribution is 2.21. The smallest absolute Gasteiger partial charge is 0.317 e. The number of anilines is 1. The molecule has 1 atom stereocenters. The van der Waals surface area contributed by atoms with Crippen molar-refractivity contribution >= 4 is 11.8 Å². The summed E-state index contributed by atoms with van der Waals surface area (Å²) in [4.78, 5) is 20.8. The van der Waals surface area contributed by atoms with Crippen molar-refractivity contribution in [3.63, 3.8) is 0 Å². The molecule has 0 spiro atoms. The molecule has 2 amide bonds. The van der Waals surface area contributed by atoms with Crippen molar-refractivity contribution in [3.8, 4) is 0 Å². The highest BCUT2D eigenvalue weighted by Gasteiger charge is 2.19. The van der Waals surface area contributed by atoms with Gasteiger partial charge in [-0.3, -0.25) is 0 Å². The average Bonchev–Trinajstić information content (AvgIpc) is 2.58. The Kier molecular flexibility index (Phi) is 7.05. The normalized spacial score (nSPS) is 16.8. The van der Waals surface area contributed by atoms with Crippen LogP contribution in [0.2, 0.25) is 0 Å². The highest BCUT2D eigenvalue weighted by atomic mass is 16.3. The number of nitrogens with zero attached hydrogens (tertiary/aromatic N) is 3. The SMILES string of the molecule is CC(O)CN(C(=O)NCc1ccc(N2CCC(C)CC2)nc1)C(C)C. The predicted octanol–water partition coefficient (Wildman–Crippen LogP) is 2.62. The minimum Gasteiger partial charge on any atom is -0.392 e. The van der Waals surface area contributed by atoms with Crippen molar-refractivity contribution in [2.75, 3.05) is 24.5 Å². The third-order valence-corrected chi connectivity index (χ3v) is 4.71. The molecule has 0 aliphatic carbocycles. The van der Waals surface area contributed by atoms with Crippen LogP contribution < -0.4 is 10.2 Å². The number of carbonyl (C=O) groups excluding carboxylic acids is 1. The fraction of sp³-hybridized carbons (Fsp3) is 0.684. The van der Waals surface area contributed by atoms with E-state index in [0.717, 1.165) is 30.4 Å². The maximum Gasteiger partial charge on any atom is 0.317 e. The van der Waals surface area contributed by atoms with Gasteiger partial charge in [0.1, 0.15) is 5.82 Å². The Morgan fingerprint density at radius 2 is 2.04 bits per heavy atom. The average molecular weight is 348 g/mol. The van der Waals surface area contributed by atoms with Gasteiger partial charge in [-0.25, -0.2) is 9.78 Å². The Hall–Kier alpha value is -1.82. The summed E-state index contributed by atoms with van der Waals surface area (Å²) in [5, 5.41) is 12.5. The monoisotopic (exact) mass is 348 g/mol. The molecule has 140 valence electrons. The maximum absolute atomic E-state index is 12.3. The van der Waals surface area contributed by atoms with E-state index >= 15 is 0 Å². The van der Waals surface area contributed by atoms with Gasteiger partial charge in [0.2, 0.25) is 0 Å². The number of aliphatic hydroxyl groups is 1. The molecule has 6 nitrogen and oxygen atoms in total. The van der Waals surface area contributed by atoms with Gasteiger partial charge in [0, 0.05) is 38.4 Å². The van der Waals surface area contributed by atoms with Crippen LogP contribution in [-0.4, -0.2) is 52.8 Å². The van der Waals surface area contributed by atoms with Crippen molar-refractivity contribution in [1.29, 1.82) is 0 Å². The van der Waals surface area contributed by atoms with E-state index in [2.05, 4.69) is 22.1 Å². The van der Waals surface area contributed by atoms with E-state index in [1.54, 1.807) is 11.8 Å². The lowest BCUT2D eigenvalue weighted by Gasteiger charge is -2.31. The number of amides is 2. The fourth-order valence-electron chi connectivity index (χ4n) is 3.04. The lowest BCUT2D eigenvalue weighted by molar-refractivity contribution is 0.118. The van der Waals surface area contributed by atoms with Gasteiger partial charge in [-0.1, -0.05) is 13.0 Å². The van der Waals surface area contributed by atoms with Crippen LogP contribution in [0.1, 0.15) is 46.1 Å². The first-order valence-corrected chi connectivity index (χ1v) is 9.29. The number of rotatable bonds is 6. The van der Waals surface area contributed by atoms with Gasteiger partial charge < -0.3 is 20.2 Å². The van der Waals surface area contributed by atoms with Crippen LogP contribution in [0.15, 0.2) is 18.3 Å². The van der Waals surface area contributed by atoms with Gasteiger partial charge in [0.05, 0.1) is 6.10 Å². The number of hydrogen-bond acceptors (Lipinski definition) is 4. The first-order valence-electron chi connectivity index (χ1n) is 9.29. The van der Waals surface area contributed by atoms with Gasteiger partial charge in [0.15, 0.2) is 0 Å². The van der Waals surface area contributed by atoms with Crippen LogP contribution in [0.4, 0.5) is 10.6 Å². The highest BCUT2D eigenvalue weighted by molar-refractivity contribution is 5.74. The van der Waals surface area contributed by atoms with E-state index < -0.39 is 6.10 Å². The molecule has 1 aromatic heterocycles. The molecule has 1 fully saturated rings. The Labute approximate surface area is 151 Å². The molecule has 2 rings (SSSR count). The lowest BCUT2D eigenvalue weighted by atomic mass is 9.99. The summed E-state index contributed by atoms with van der Waals surface area (Å²) in [7, 11) is 0. The first kappa shape index (κ1) is 19.5. The van der Waals surface area contributed by atoms with Crippen LogP contribution >= 0.6 is 0 Å². The first-order chi connectivity index (χ1) is 11.9. The minimum absolute atomic E-state index is 0.0385. The zero-order valence-corrected chi connectivity index (χ0v) is 15.9. The maximum atomic E-state index is 12.3. The van der Waals surface area contributed by atoms with E-state index in [9.17, 15) is 9.90 Å². The number of piperidine rings is 1. The zero-order chi connectivity index (χ0) is 18.4. The van der Waals surface area contributed by atoms with Crippen LogP contribution in [0.5, 0.6) is 0 Å². The Morgan fingerprint density at radius 3 is 2.56 bits per heavy atom. The number of nitrogens with one attached hydrogen (secondary N) is 1. The fourth-order valence-corrected chi connectivity index (χ4v) is 3.04. The molecular weight excluding hydrogens is 316 g/mol. The second kappa shape index (κ2) is 9.04. The molecule has 2 N–H and O–H groups in total. The molecule has 1 unspecified atom stereocenters. The molecule has 25 heavy (non-hydrogen) atoms. The minimum atomic E-state index is -0.540. The van der Waals surface area contributed by atoms with Crippen molar-refractivity contribution < 1.29 is 9.90 Å². The van der Waals surface area contributed by atoms with E-state index in [1.807, 2.05) is 32.2 Å². The van der Waals surface area contributed by atoms with Gasteiger partial charge in [-0.2, -0.15) is 0 Å². The largest absolute Gasteiger partial charge is 0.392 e. The lowest BCUT2D eigenvalue weighted by Crippen LogP contribution is -2.46. The molecule has 1 aliphatic rings. The second-order valence-corrected chi connectivity index (χ2v) is 7.45. The van der Waals surface area contributed by atoms with E-state index in [4.69, 9.17) is 0 Å². The topological polar surface area (TPSA) is 68.7 Å². The van der Waals surface area contributed by atoms with Crippen LogP contribution in [0.25, 0.3) is 0 Å². The molecule has 1 aromatic rings. The van der Waals surface area contributed by atoms with Crippen molar-refractivity contribution in [1.82, 2.24) is 15.2 Å². The molecule has 2 heterocycles. The van der Waals surface area contributed by atoms with Gasteiger partial charge >= 0.3 is 6.03 Å². The molecule has 6 heteroatoms. The summed E-state index contributed by atoms with van der Waals surface area (Å²) in [6.45, 7) is 10.8. The molecule has 0 saturated carbocycles. The number of aliphatic hydroxyl groups excluding tert-OH is 1. The van der Waals surface area contributed by atoms with Gasteiger partial charge in [-0.15, -0.1) is 0 Å².